The minimum atomic E-state index is -0.380. The summed E-state index contributed by atoms with van der Waals surface area (Å²) in [7, 11) is 0. The lowest BCUT2D eigenvalue weighted by Crippen LogP contribution is -2.48. The Morgan fingerprint density at radius 1 is 1.27 bits per heavy atom. The first-order chi connectivity index (χ1) is 15.7. The van der Waals surface area contributed by atoms with Crippen LogP contribution in [-0.4, -0.2) is 59.9 Å². The molecule has 2 aromatic rings. The number of ether oxygens (including phenoxy) is 1. The SMILES string of the molecule is Cc1nc(C(=O)N2CCCCNC(=O)c3cc(Cl)ccc3OC[C@@H](C(C)C)NC(=O)C2)co1. The molecule has 2 heterocycles. The van der Waals surface area contributed by atoms with Crippen LogP contribution in [0, 0.1) is 12.8 Å². The fourth-order valence-corrected chi connectivity index (χ4v) is 3.58. The molecule has 178 valence electrons. The molecular weight excluding hydrogens is 448 g/mol. The van der Waals surface area contributed by atoms with Gasteiger partial charge in [-0.05, 0) is 37.0 Å². The molecule has 0 unspecified atom stereocenters. The maximum atomic E-state index is 12.9. The van der Waals surface area contributed by atoms with Crippen molar-refractivity contribution in [1.82, 2.24) is 20.5 Å². The van der Waals surface area contributed by atoms with Gasteiger partial charge in [-0.15, -0.1) is 0 Å². The van der Waals surface area contributed by atoms with Crippen molar-refractivity contribution in [2.75, 3.05) is 26.2 Å². The number of amides is 3. The predicted octanol–water partition coefficient (Wildman–Crippen LogP) is 2.82. The van der Waals surface area contributed by atoms with E-state index >= 15 is 0 Å². The van der Waals surface area contributed by atoms with E-state index < -0.39 is 0 Å². The van der Waals surface area contributed by atoms with Crippen LogP contribution in [0.4, 0.5) is 0 Å². The average Bonchev–Trinajstić information content (AvgIpc) is 3.20. The van der Waals surface area contributed by atoms with Crippen molar-refractivity contribution in [2.24, 2.45) is 5.92 Å². The number of carbonyl (C=O) groups excluding carboxylic acids is 3. The summed E-state index contributed by atoms with van der Waals surface area (Å²) in [4.78, 5) is 44.0. The van der Waals surface area contributed by atoms with Crippen LogP contribution < -0.4 is 15.4 Å². The van der Waals surface area contributed by atoms with E-state index in [9.17, 15) is 14.4 Å². The van der Waals surface area contributed by atoms with E-state index in [1.165, 1.54) is 11.2 Å². The lowest BCUT2D eigenvalue weighted by molar-refractivity contribution is -0.123. The normalized spacial score (nSPS) is 18.5. The summed E-state index contributed by atoms with van der Waals surface area (Å²) in [5.74, 6) is -0.151. The quantitative estimate of drug-likeness (QED) is 0.689. The van der Waals surface area contributed by atoms with Crippen LogP contribution in [-0.2, 0) is 4.79 Å². The Kier molecular flexibility index (Phi) is 8.32. The van der Waals surface area contributed by atoms with Crippen molar-refractivity contribution in [3.8, 4) is 5.75 Å². The molecule has 2 N–H and O–H groups in total. The van der Waals surface area contributed by atoms with Gasteiger partial charge in [-0.25, -0.2) is 4.98 Å². The highest BCUT2D eigenvalue weighted by atomic mass is 35.5. The summed E-state index contributed by atoms with van der Waals surface area (Å²) >= 11 is 6.09. The molecule has 9 nitrogen and oxygen atoms in total. The maximum Gasteiger partial charge on any atom is 0.276 e. The van der Waals surface area contributed by atoms with E-state index in [0.717, 1.165) is 0 Å². The molecule has 0 bridgehead atoms. The second-order valence-electron chi connectivity index (χ2n) is 8.31. The van der Waals surface area contributed by atoms with Crippen molar-refractivity contribution >= 4 is 29.3 Å². The van der Waals surface area contributed by atoms with Crippen molar-refractivity contribution < 1.29 is 23.5 Å². The molecule has 1 aliphatic rings. The molecule has 33 heavy (non-hydrogen) atoms. The first-order valence-corrected chi connectivity index (χ1v) is 11.3. The molecule has 0 saturated heterocycles. The third-order valence-electron chi connectivity index (χ3n) is 5.36. The lowest BCUT2D eigenvalue weighted by Gasteiger charge is -2.26. The van der Waals surface area contributed by atoms with Crippen LogP contribution in [0.15, 0.2) is 28.9 Å². The van der Waals surface area contributed by atoms with Crippen LogP contribution in [0.5, 0.6) is 5.75 Å². The summed E-state index contributed by atoms with van der Waals surface area (Å²) < 4.78 is 11.1. The van der Waals surface area contributed by atoms with Crippen LogP contribution >= 0.6 is 11.6 Å². The molecule has 1 aliphatic heterocycles. The largest absolute Gasteiger partial charge is 0.491 e. The number of oxazole rings is 1. The second-order valence-corrected chi connectivity index (χ2v) is 8.75. The topological polar surface area (TPSA) is 114 Å². The van der Waals surface area contributed by atoms with E-state index in [-0.39, 0.29) is 48.5 Å². The zero-order valence-corrected chi connectivity index (χ0v) is 19.8. The highest BCUT2D eigenvalue weighted by Crippen LogP contribution is 2.24. The second kappa shape index (κ2) is 11.2. The Bertz CT molecular complexity index is 1010. The Morgan fingerprint density at radius 3 is 2.76 bits per heavy atom. The van der Waals surface area contributed by atoms with Gasteiger partial charge in [0.15, 0.2) is 11.6 Å². The highest BCUT2D eigenvalue weighted by molar-refractivity contribution is 6.31. The number of hydrogen-bond donors (Lipinski definition) is 2. The predicted molar refractivity (Wildman–Crippen MR) is 122 cm³/mol. The van der Waals surface area contributed by atoms with Crippen molar-refractivity contribution in [2.45, 2.75) is 39.7 Å². The summed E-state index contributed by atoms with van der Waals surface area (Å²) in [5, 5.41) is 6.25. The summed E-state index contributed by atoms with van der Waals surface area (Å²) in [5.41, 5.74) is 0.493. The number of nitrogens with zero attached hydrogens (tertiary/aromatic N) is 2. The monoisotopic (exact) mass is 476 g/mol. The molecule has 0 aliphatic carbocycles. The van der Waals surface area contributed by atoms with Gasteiger partial charge < -0.3 is 24.7 Å². The molecule has 0 spiro atoms. The zero-order valence-electron chi connectivity index (χ0n) is 19.0. The van der Waals surface area contributed by atoms with Gasteiger partial charge in [-0.3, -0.25) is 14.4 Å². The van der Waals surface area contributed by atoms with Gasteiger partial charge in [0.05, 0.1) is 18.2 Å². The number of carbonyl (C=O) groups is 3. The number of halogens is 1. The van der Waals surface area contributed by atoms with E-state index in [1.807, 2.05) is 13.8 Å². The molecule has 0 radical (unpaired) electrons. The molecular formula is C23H29ClN4O5. The third-order valence-corrected chi connectivity index (χ3v) is 5.59. The number of aromatic nitrogens is 1. The molecule has 0 saturated carbocycles. The van der Waals surface area contributed by atoms with Gasteiger partial charge in [0.1, 0.15) is 18.6 Å². The van der Waals surface area contributed by atoms with Gasteiger partial charge in [-0.1, -0.05) is 25.4 Å². The number of aryl methyl sites for hydroxylation is 1. The van der Waals surface area contributed by atoms with Crippen LogP contribution in [0.3, 0.4) is 0 Å². The van der Waals surface area contributed by atoms with Gasteiger partial charge in [0.25, 0.3) is 11.8 Å². The average molecular weight is 477 g/mol. The number of benzene rings is 1. The van der Waals surface area contributed by atoms with Crippen LogP contribution in [0.2, 0.25) is 5.02 Å². The van der Waals surface area contributed by atoms with Crippen LogP contribution in [0.1, 0.15) is 53.4 Å². The van der Waals surface area contributed by atoms with E-state index in [2.05, 4.69) is 15.6 Å². The van der Waals surface area contributed by atoms with E-state index in [0.29, 0.717) is 48.2 Å². The molecule has 1 aromatic carbocycles. The summed E-state index contributed by atoms with van der Waals surface area (Å²) in [6.07, 6.45) is 2.49. The first kappa shape index (κ1) is 24.6. The molecule has 0 fully saturated rings. The zero-order chi connectivity index (χ0) is 24.0. The van der Waals surface area contributed by atoms with Gasteiger partial charge in [0.2, 0.25) is 5.91 Å². The number of hydrogen-bond acceptors (Lipinski definition) is 6. The number of rotatable bonds is 2. The fourth-order valence-electron chi connectivity index (χ4n) is 3.41. The molecule has 3 rings (SSSR count). The third kappa shape index (κ3) is 6.71. The van der Waals surface area contributed by atoms with Crippen molar-refractivity contribution in [3.63, 3.8) is 0 Å². The molecule has 1 atom stereocenters. The lowest BCUT2D eigenvalue weighted by atomic mass is 10.1. The minimum absolute atomic E-state index is 0.0524. The minimum Gasteiger partial charge on any atom is -0.491 e. The first-order valence-electron chi connectivity index (χ1n) is 11.0. The number of fused-ring (bicyclic) bond motifs is 1. The van der Waals surface area contributed by atoms with Gasteiger partial charge >= 0.3 is 0 Å². The van der Waals surface area contributed by atoms with Crippen molar-refractivity contribution in [3.05, 3.63) is 46.6 Å². The Hall–Kier alpha value is -3.07. The highest BCUT2D eigenvalue weighted by Gasteiger charge is 2.25. The Labute approximate surface area is 197 Å². The van der Waals surface area contributed by atoms with Gasteiger partial charge in [-0.2, -0.15) is 0 Å². The Morgan fingerprint density at radius 2 is 2.06 bits per heavy atom. The maximum absolute atomic E-state index is 12.9. The summed E-state index contributed by atoms with van der Waals surface area (Å²) in [6.45, 7) is 6.33. The van der Waals surface area contributed by atoms with Crippen LogP contribution in [0.25, 0.3) is 0 Å². The van der Waals surface area contributed by atoms with E-state index in [4.69, 9.17) is 20.8 Å². The Balaban J connectivity index is 1.81. The van der Waals surface area contributed by atoms with Gasteiger partial charge in [0, 0.05) is 25.0 Å². The number of nitrogens with one attached hydrogen (secondary N) is 2. The van der Waals surface area contributed by atoms with E-state index in [1.54, 1.807) is 25.1 Å². The smallest absolute Gasteiger partial charge is 0.276 e. The summed E-state index contributed by atoms with van der Waals surface area (Å²) in [6, 6.07) is 4.53. The van der Waals surface area contributed by atoms with Crippen molar-refractivity contribution in [1.29, 1.82) is 0 Å². The standard InChI is InChI=1S/C23H29ClN4O5/c1-14(2)18-12-33-20-7-6-16(24)10-17(20)22(30)25-8-4-5-9-28(11-21(29)27-18)23(31)19-13-32-15(3)26-19/h6-7,10,13-14,18H,4-5,8-9,11-12H2,1-3H3,(H,25,30)(H,27,29)/t18-/m0/s1. The fraction of sp³-hybridized carbons (Fsp3) is 0.478. The molecule has 1 aromatic heterocycles. The molecule has 3 amide bonds. The molecule has 10 heteroatoms.